The second-order valence-corrected chi connectivity index (χ2v) is 15.5. The molecule has 3 atom stereocenters. The minimum atomic E-state index is -0.329. The summed E-state index contributed by atoms with van der Waals surface area (Å²) in [5.74, 6) is 1.00. The van der Waals surface area contributed by atoms with Crippen molar-refractivity contribution in [2.75, 3.05) is 4.90 Å². The van der Waals surface area contributed by atoms with Crippen LogP contribution in [-0.4, -0.2) is 5.84 Å². The van der Waals surface area contributed by atoms with Crippen LogP contribution in [0.3, 0.4) is 0 Å². The van der Waals surface area contributed by atoms with Crippen LogP contribution in [-0.2, 0) is 12.0 Å². The summed E-state index contributed by atoms with van der Waals surface area (Å²) in [6.45, 7) is 5.30. The highest BCUT2D eigenvalue weighted by Gasteiger charge is 2.47. The highest BCUT2D eigenvalue weighted by Crippen LogP contribution is 2.57. The van der Waals surface area contributed by atoms with Crippen LogP contribution >= 0.6 is 0 Å². The molecule has 2 aliphatic carbocycles. The van der Waals surface area contributed by atoms with Crippen LogP contribution in [0.1, 0.15) is 60.7 Å². The van der Waals surface area contributed by atoms with Gasteiger partial charge in [-0.2, -0.15) is 0 Å². The SMILES string of the molecule is CC1C=CC=C(NC2=C(c3ccccc3)CC3(C)C(=C2)N(c2cccc(CNC(N=C(N)c4ccc5ccccc5c4)c4ccccc4)c2)c2ccccc23)C1. The van der Waals surface area contributed by atoms with Crippen LogP contribution in [0.5, 0.6) is 0 Å². The lowest BCUT2D eigenvalue weighted by atomic mass is 9.72. The molecule has 276 valence electrons. The summed E-state index contributed by atoms with van der Waals surface area (Å²) in [5.41, 5.74) is 19.6. The minimum Gasteiger partial charge on any atom is -0.383 e. The number of amidine groups is 1. The van der Waals surface area contributed by atoms with Gasteiger partial charge in [0.2, 0.25) is 0 Å². The normalized spacial score (nSPS) is 19.6. The van der Waals surface area contributed by atoms with E-state index < -0.39 is 0 Å². The molecule has 0 amide bonds. The number of nitrogens with two attached hydrogens (primary N) is 1. The van der Waals surface area contributed by atoms with Gasteiger partial charge in [0.05, 0.1) is 0 Å². The number of rotatable bonds is 10. The third-order valence-electron chi connectivity index (χ3n) is 11.5. The highest BCUT2D eigenvalue weighted by molar-refractivity contribution is 6.01. The fourth-order valence-corrected chi connectivity index (χ4v) is 8.58. The van der Waals surface area contributed by atoms with Gasteiger partial charge in [0.1, 0.15) is 12.0 Å². The first-order valence-electron chi connectivity index (χ1n) is 19.7. The molecule has 0 bridgehead atoms. The predicted molar refractivity (Wildman–Crippen MR) is 233 cm³/mol. The van der Waals surface area contributed by atoms with Crippen molar-refractivity contribution in [2.24, 2.45) is 16.6 Å². The van der Waals surface area contributed by atoms with Gasteiger partial charge in [-0.3, -0.25) is 5.32 Å². The Kier molecular flexibility index (Phi) is 9.46. The summed E-state index contributed by atoms with van der Waals surface area (Å²) in [6.07, 6.45) is 10.6. The van der Waals surface area contributed by atoms with Crippen molar-refractivity contribution in [1.82, 2.24) is 10.6 Å². The van der Waals surface area contributed by atoms with E-state index in [9.17, 15) is 0 Å². The zero-order chi connectivity index (χ0) is 38.1. The Morgan fingerprint density at radius 2 is 1.57 bits per heavy atom. The average Bonchev–Trinajstić information content (AvgIpc) is 3.50. The second kappa shape index (κ2) is 15.0. The van der Waals surface area contributed by atoms with Crippen LogP contribution in [0, 0.1) is 5.92 Å². The Morgan fingerprint density at radius 3 is 2.39 bits per heavy atom. The lowest BCUT2D eigenvalue weighted by molar-refractivity contribution is 0.554. The largest absolute Gasteiger partial charge is 0.383 e. The number of benzene rings is 6. The molecule has 0 saturated heterocycles. The van der Waals surface area contributed by atoms with Gasteiger partial charge in [-0.1, -0.05) is 146 Å². The lowest BCUT2D eigenvalue weighted by Gasteiger charge is -2.36. The van der Waals surface area contributed by atoms with Crippen molar-refractivity contribution in [3.05, 3.63) is 221 Å². The van der Waals surface area contributed by atoms with Gasteiger partial charge in [0.15, 0.2) is 0 Å². The minimum absolute atomic E-state index is 0.219. The number of nitrogens with one attached hydrogen (secondary N) is 2. The fraction of sp³-hybridized carbons (Fsp3) is 0.157. The molecule has 3 unspecified atom stereocenters. The molecule has 6 aromatic carbocycles. The Morgan fingerprint density at radius 1 is 0.821 bits per heavy atom. The third-order valence-corrected chi connectivity index (χ3v) is 11.5. The topological polar surface area (TPSA) is 65.7 Å². The van der Waals surface area contributed by atoms with Crippen LogP contribution in [0.15, 0.2) is 198 Å². The quantitative estimate of drug-likeness (QED) is 0.0970. The Labute approximate surface area is 330 Å². The lowest BCUT2D eigenvalue weighted by Crippen LogP contribution is -2.32. The van der Waals surface area contributed by atoms with Gasteiger partial charge in [-0.15, -0.1) is 0 Å². The van der Waals surface area contributed by atoms with E-state index >= 15 is 0 Å². The average molecular weight is 730 g/mol. The van der Waals surface area contributed by atoms with Crippen LogP contribution in [0.25, 0.3) is 16.3 Å². The number of hydrogen-bond acceptors (Lipinski definition) is 4. The molecule has 0 aromatic heterocycles. The van der Waals surface area contributed by atoms with Gasteiger partial charge in [-0.25, -0.2) is 4.99 Å². The van der Waals surface area contributed by atoms with Crippen molar-refractivity contribution in [3.8, 4) is 0 Å². The molecule has 0 radical (unpaired) electrons. The van der Waals surface area contributed by atoms with Crippen molar-refractivity contribution >= 4 is 33.6 Å². The standard InChI is InChI=1S/C51H47N5/c1-35-15-13-23-42(29-35)54-46-32-48-51(2,33-44(46)38-18-5-3-6-19-38)45-25-11-12-26-47(45)56(48)43-24-14-16-36(30-43)34-53-50(39-20-7-4-8-21-39)55-49(52)41-28-27-37-17-9-10-22-40(37)31-41/h3-28,30-32,35,50,53-54H,29,33-34H2,1-2H3,(H2,52,55). The number of hydrogen-bond donors (Lipinski definition) is 3. The monoisotopic (exact) mass is 729 g/mol. The first kappa shape index (κ1) is 35.3. The van der Waals surface area contributed by atoms with Crippen molar-refractivity contribution in [3.63, 3.8) is 0 Å². The van der Waals surface area contributed by atoms with Gasteiger partial charge in [0.25, 0.3) is 0 Å². The van der Waals surface area contributed by atoms with Crippen LogP contribution < -0.4 is 21.3 Å². The molecule has 0 fully saturated rings. The molecular formula is C51H47N5. The van der Waals surface area contributed by atoms with Gasteiger partial charge in [0, 0.05) is 46.0 Å². The van der Waals surface area contributed by atoms with E-state index in [-0.39, 0.29) is 11.6 Å². The first-order chi connectivity index (χ1) is 27.4. The third kappa shape index (κ3) is 6.87. The molecule has 0 saturated carbocycles. The number of allylic oxidation sites excluding steroid dienone is 7. The molecule has 3 aliphatic rings. The summed E-state index contributed by atoms with van der Waals surface area (Å²) in [4.78, 5) is 7.54. The molecule has 1 heterocycles. The molecule has 56 heavy (non-hydrogen) atoms. The number of fused-ring (bicyclic) bond motifs is 4. The van der Waals surface area contributed by atoms with E-state index in [1.54, 1.807) is 0 Å². The van der Waals surface area contributed by atoms with Crippen molar-refractivity contribution in [2.45, 2.75) is 44.8 Å². The summed E-state index contributed by atoms with van der Waals surface area (Å²) < 4.78 is 0. The van der Waals surface area contributed by atoms with Crippen LogP contribution in [0.2, 0.25) is 0 Å². The summed E-state index contributed by atoms with van der Waals surface area (Å²) in [6, 6.07) is 53.7. The van der Waals surface area contributed by atoms with Crippen LogP contribution in [0.4, 0.5) is 11.4 Å². The molecular weight excluding hydrogens is 683 g/mol. The molecule has 9 rings (SSSR count). The zero-order valence-corrected chi connectivity index (χ0v) is 32.0. The van der Waals surface area contributed by atoms with E-state index in [1.807, 2.05) is 6.07 Å². The van der Waals surface area contributed by atoms with Gasteiger partial charge in [-0.05, 0) is 101 Å². The number of para-hydroxylation sites is 1. The summed E-state index contributed by atoms with van der Waals surface area (Å²) in [7, 11) is 0. The van der Waals surface area contributed by atoms with Gasteiger partial charge < -0.3 is 16.0 Å². The Bertz CT molecular complexity index is 2560. The maximum Gasteiger partial charge on any atom is 0.128 e. The van der Waals surface area contributed by atoms with E-state index in [2.05, 4.69) is 199 Å². The number of aliphatic imine (C=N–C) groups is 1. The fourth-order valence-electron chi connectivity index (χ4n) is 8.58. The van der Waals surface area contributed by atoms with E-state index in [0.29, 0.717) is 18.3 Å². The van der Waals surface area contributed by atoms with E-state index in [1.165, 1.54) is 44.9 Å². The molecule has 4 N–H and O–H groups in total. The molecule has 0 spiro atoms. The Balaban J connectivity index is 1.06. The first-order valence-corrected chi connectivity index (χ1v) is 19.7. The maximum atomic E-state index is 6.73. The van der Waals surface area contributed by atoms with E-state index in [0.717, 1.165) is 40.6 Å². The van der Waals surface area contributed by atoms with Crippen molar-refractivity contribution < 1.29 is 0 Å². The van der Waals surface area contributed by atoms with E-state index in [4.69, 9.17) is 10.7 Å². The molecule has 5 heteroatoms. The number of anilines is 2. The maximum absolute atomic E-state index is 6.73. The Hall–Kier alpha value is -6.43. The highest BCUT2D eigenvalue weighted by atomic mass is 15.2. The zero-order valence-electron chi connectivity index (χ0n) is 32.0. The van der Waals surface area contributed by atoms with Crippen molar-refractivity contribution in [1.29, 1.82) is 0 Å². The smallest absolute Gasteiger partial charge is 0.128 e. The molecule has 1 aliphatic heterocycles. The summed E-state index contributed by atoms with van der Waals surface area (Å²) >= 11 is 0. The predicted octanol–water partition coefficient (Wildman–Crippen LogP) is 11.2. The second-order valence-electron chi connectivity index (χ2n) is 15.5. The summed E-state index contributed by atoms with van der Waals surface area (Å²) in [5, 5.41) is 9.98. The molecule has 6 aromatic rings. The molecule has 5 nitrogen and oxygen atoms in total. The van der Waals surface area contributed by atoms with Gasteiger partial charge >= 0.3 is 0 Å². The number of nitrogens with zero attached hydrogens (tertiary/aromatic N) is 2.